The molecule has 0 aliphatic rings. The fraction of sp³-hybridized carbons (Fsp3) is 0.364. The second-order valence-corrected chi connectivity index (χ2v) is 5.99. The van der Waals surface area contributed by atoms with Gasteiger partial charge in [0.2, 0.25) is 0 Å². The van der Waals surface area contributed by atoms with Crippen molar-refractivity contribution >= 4 is 40.8 Å². The summed E-state index contributed by atoms with van der Waals surface area (Å²) < 4.78 is 3.61. The molecule has 2 nitrogen and oxygen atoms in total. The number of ether oxygens (including phenoxy) is 1. The fourth-order valence-corrected chi connectivity index (χ4v) is 1.72. The van der Waals surface area contributed by atoms with E-state index in [0.717, 1.165) is 11.1 Å². The highest BCUT2D eigenvalue weighted by atomic mass is 35.6. The second-order valence-electron chi connectivity index (χ2n) is 3.47. The molecule has 1 aromatic carbocycles. The normalized spacial score (nSPS) is 11.3. The van der Waals surface area contributed by atoms with Crippen LogP contribution in [0.2, 0.25) is 0 Å². The number of alkyl halides is 3. The van der Waals surface area contributed by atoms with Gasteiger partial charge in [0.25, 0.3) is 0 Å². The van der Waals surface area contributed by atoms with Crippen LogP contribution in [0.1, 0.15) is 18.1 Å². The van der Waals surface area contributed by atoms with Crippen molar-refractivity contribution in [2.45, 2.75) is 24.1 Å². The van der Waals surface area contributed by atoms with E-state index in [2.05, 4.69) is 0 Å². The Hall–Kier alpha value is -0.440. The SMILES string of the molecule is CC(=O)Oc1ccc(C)c(CC(Cl)(Cl)Cl)c1. The topological polar surface area (TPSA) is 26.3 Å². The van der Waals surface area contributed by atoms with Crippen LogP contribution in [-0.4, -0.2) is 9.76 Å². The lowest BCUT2D eigenvalue weighted by atomic mass is 10.1. The van der Waals surface area contributed by atoms with E-state index in [0.29, 0.717) is 5.75 Å². The number of halogens is 3. The van der Waals surface area contributed by atoms with Gasteiger partial charge in [-0.25, -0.2) is 0 Å². The van der Waals surface area contributed by atoms with Gasteiger partial charge < -0.3 is 4.74 Å². The molecular formula is C11H11Cl3O2. The van der Waals surface area contributed by atoms with Crippen LogP contribution < -0.4 is 4.74 Å². The van der Waals surface area contributed by atoms with Crippen LogP contribution in [0.25, 0.3) is 0 Å². The number of carbonyl (C=O) groups is 1. The average molecular weight is 282 g/mol. The van der Waals surface area contributed by atoms with Crippen molar-refractivity contribution in [3.05, 3.63) is 29.3 Å². The summed E-state index contributed by atoms with van der Waals surface area (Å²) in [6.07, 6.45) is 0.276. The van der Waals surface area contributed by atoms with Crippen molar-refractivity contribution < 1.29 is 9.53 Å². The maximum Gasteiger partial charge on any atom is 0.308 e. The summed E-state index contributed by atoms with van der Waals surface area (Å²) in [6.45, 7) is 3.25. The van der Waals surface area contributed by atoms with Crippen molar-refractivity contribution in [1.29, 1.82) is 0 Å². The van der Waals surface area contributed by atoms with E-state index >= 15 is 0 Å². The van der Waals surface area contributed by atoms with Crippen LogP contribution in [0.3, 0.4) is 0 Å². The summed E-state index contributed by atoms with van der Waals surface area (Å²) >= 11 is 17.2. The van der Waals surface area contributed by atoms with Gasteiger partial charge in [-0.15, -0.1) is 0 Å². The van der Waals surface area contributed by atoms with E-state index < -0.39 is 3.79 Å². The van der Waals surface area contributed by atoms with Gasteiger partial charge >= 0.3 is 5.97 Å². The van der Waals surface area contributed by atoms with Gasteiger partial charge in [0.1, 0.15) is 5.75 Å². The molecule has 0 aromatic heterocycles. The summed E-state index contributed by atoms with van der Waals surface area (Å²) in [7, 11) is 0. The Morgan fingerprint density at radius 2 is 2.00 bits per heavy atom. The van der Waals surface area contributed by atoms with E-state index in [1.165, 1.54) is 6.92 Å². The number of aryl methyl sites for hydroxylation is 1. The lowest BCUT2D eigenvalue weighted by Gasteiger charge is -2.13. The van der Waals surface area contributed by atoms with Gasteiger partial charge in [-0.05, 0) is 30.2 Å². The highest BCUT2D eigenvalue weighted by Crippen LogP contribution is 2.32. The molecule has 0 aliphatic heterocycles. The number of hydrogen-bond acceptors (Lipinski definition) is 2. The van der Waals surface area contributed by atoms with E-state index in [1.807, 2.05) is 13.0 Å². The third-order valence-corrected chi connectivity index (χ3v) is 2.37. The summed E-state index contributed by atoms with van der Waals surface area (Å²) in [5.41, 5.74) is 1.83. The van der Waals surface area contributed by atoms with Gasteiger partial charge in [-0.3, -0.25) is 4.79 Å². The predicted molar refractivity (Wildman–Crippen MR) is 66.5 cm³/mol. The Morgan fingerprint density at radius 1 is 1.38 bits per heavy atom. The molecule has 0 unspecified atom stereocenters. The molecular weight excluding hydrogens is 270 g/mol. The minimum Gasteiger partial charge on any atom is -0.427 e. The lowest BCUT2D eigenvalue weighted by molar-refractivity contribution is -0.131. The fourth-order valence-electron chi connectivity index (χ4n) is 1.28. The third-order valence-electron chi connectivity index (χ3n) is 1.97. The summed E-state index contributed by atoms with van der Waals surface area (Å²) in [6, 6.07) is 5.24. The number of benzene rings is 1. The second kappa shape index (κ2) is 5.26. The number of hydrogen-bond donors (Lipinski definition) is 0. The molecule has 0 radical (unpaired) electrons. The first-order valence-corrected chi connectivity index (χ1v) is 5.76. The number of rotatable bonds is 2. The van der Waals surface area contributed by atoms with Gasteiger partial charge in [0.05, 0.1) is 0 Å². The number of esters is 1. The molecule has 16 heavy (non-hydrogen) atoms. The molecule has 0 N–H and O–H groups in total. The Labute approximate surface area is 109 Å². The first-order chi connectivity index (χ1) is 7.28. The van der Waals surface area contributed by atoms with E-state index in [4.69, 9.17) is 39.5 Å². The smallest absolute Gasteiger partial charge is 0.308 e. The molecule has 0 bridgehead atoms. The van der Waals surface area contributed by atoms with Gasteiger partial charge in [-0.1, -0.05) is 40.9 Å². The molecule has 0 spiro atoms. The molecule has 0 saturated heterocycles. The molecule has 88 valence electrons. The monoisotopic (exact) mass is 280 g/mol. The predicted octanol–water partition coefficient (Wildman–Crippen LogP) is 3.83. The Balaban J connectivity index is 2.95. The molecule has 0 saturated carbocycles. The Bertz CT molecular complexity index is 397. The van der Waals surface area contributed by atoms with Crippen molar-refractivity contribution in [3.63, 3.8) is 0 Å². The summed E-state index contributed by atoms with van der Waals surface area (Å²) in [4.78, 5) is 10.8. The highest BCUT2D eigenvalue weighted by Gasteiger charge is 2.21. The van der Waals surface area contributed by atoms with E-state index in [9.17, 15) is 4.79 Å². The standard InChI is InChI=1S/C11H11Cl3O2/c1-7-3-4-10(16-8(2)15)5-9(7)6-11(12,13)14/h3-5H,6H2,1-2H3. The molecule has 0 amide bonds. The van der Waals surface area contributed by atoms with Crippen LogP contribution in [0.4, 0.5) is 0 Å². The van der Waals surface area contributed by atoms with Crippen molar-refractivity contribution in [2.75, 3.05) is 0 Å². The highest BCUT2D eigenvalue weighted by molar-refractivity contribution is 6.67. The zero-order valence-corrected chi connectivity index (χ0v) is 11.2. The van der Waals surface area contributed by atoms with Crippen LogP contribution in [0, 0.1) is 6.92 Å². The molecule has 0 aliphatic carbocycles. The van der Waals surface area contributed by atoms with Gasteiger partial charge in [0.15, 0.2) is 3.79 Å². The van der Waals surface area contributed by atoms with Crippen LogP contribution in [0.15, 0.2) is 18.2 Å². The van der Waals surface area contributed by atoms with Crippen LogP contribution >= 0.6 is 34.8 Å². The third kappa shape index (κ3) is 4.60. The largest absolute Gasteiger partial charge is 0.427 e. The van der Waals surface area contributed by atoms with Gasteiger partial charge in [0, 0.05) is 13.3 Å². The first kappa shape index (κ1) is 13.6. The van der Waals surface area contributed by atoms with Crippen molar-refractivity contribution in [3.8, 4) is 5.75 Å². The molecule has 1 aromatic rings. The Kier molecular flexibility index (Phi) is 4.48. The summed E-state index contributed by atoms with van der Waals surface area (Å²) in [5.74, 6) is 0.0889. The minimum absolute atomic E-state index is 0.276. The summed E-state index contributed by atoms with van der Waals surface area (Å²) in [5, 5.41) is 0. The zero-order chi connectivity index (χ0) is 12.3. The average Bonchev–Trinajstić information content (AvgIpc) is 2.07. The molecule has 1 rings (SSSR count). The maximum absolute atomic E-state index is 10.8. The van der Waals surface area contributed by atoms with Crippen LogP contribution in [-0.2, 0) is 11.2 Å². The van der Waals surface area contributed by atoms with Crippen molar-refractivity contribution in [2.24, 2.45) is 0 Å². The van der Waals surface area contributed by atoms with Crippen molar-refractivity contribution in [1.82, 2.24) is 0 Å². The lowest BCUT2D eigenvalue weighted by Crippen LogP contribution is -2.09. The zero-order valence-electron chi connectivity index (χ0n) is 8.89. The Morgan fingerprint density at radius 3 is 2.50 bits per heavy atom. The van der Waals surface area contributed by atoms with E-state index in [1.54, 1.807) is 12.1 Å². The van der Waals surface area contributed by atoms with Gasteiger partial charge in [-0.2, -0.15) is 0 Å². The molecule has 0 heterocycles. The minimum atomic E-state index is -1.35. The molecule has 5 heteroatoms. The first-order valence-electron chi connectivity index (χ1n) is 4.62. The van der Waals surface area contributed by atoms with Crippen LogP contribution in [0.5, 0.6) is 5.75 Å². The quantitative estimate of drug-likeness (QED) is 0.468. The van der Waals surface area contributed by atoms with E-state index in [-0.39, 0.29) is 12.4 Å². The number of carbonyl (C=O) groups excluding carboxylic acids is 1. The molecule has 0 atom stereocenters. The maximum atomic E-state index is 10.8. The molecule has 0 fully saturated rings.